The Morgan fingerprint density at radius 3 is 2.62 bits per heavy atom. The van der Waals surface area contributed by atoms with E-state index in [0.29, 0.717) is 11.0 Å². The van der Waals surface area contributed by atoms with Crippen LogP contribution in [-0.4, -0.2) is 15.7 Å². The van der Waals surface area contributed by atoms with Gasteiger partial charge in [0.05, 0.1) is 16.7 Å². The van der Waals surface area contributed by atoms with Gasteiger partial charge in [0.1, 0.15) is 0 Å². The highest BCUT2D eigenvalue weighted by molar-refractivity contribution is 5.99. The van der Waals surface area contributed by atoms with Crippen LogP contribution in [0.2, 0.25) is 0 Å². The summed E-state index contributed by atoms with van der Waals surface area (Å²) in [5.74, 6) is 0.184. The summed E-state index contributed by atoms with van der Waals surface area (Å²) in [5, 5.41) is 4.22. The summed E-state index contributed by atoms with van der Waals surface area (Å²) in [7, 11) is 0. The first-order chi connectivity index (χ1) is 10.2. The molecule has 2 aromatic carbocycles. The lowest BCUT2D eigenvalue weighted by Gasteiger charge is -2.03. The molecule has 0 bridgehead atoms. The van der Waals surface area contributed by atoms with Crippen LogP contribution in [0.1, 0.15) is 12.5 Å². The fourth-order valence-electron chi connectivity index (χ4n) is 1.99. The molecule has 1 heterocycles. The summed E-state index contributed by atoms with van der Waals surface area (Å²) in [6.07, 6.45) is 0. The molecule has 0 spiro atoms. The van der Waals surface area contributed by atoms with E-state index < -0.39 is 0 Å². The van der Waals surface area contributed by atoms with E-state index in [1.165, 1.54) is 0 Å². The Bertz CT molecular complexity index is 853. The Morgan fingerprint density at radius 1 is 1.10 bits per heavy atom. The molecular formula is C16H14N4O. The lowest BCUT2D eigenvalue weighted by atomic mass is 10.1. The van der Waals surface area contributed by atoms with Crippen molar-refractivity contribution in [3.63, 3.8) is 0 Å². The van der Waals surface area contributed by atoms with Crippen molar-refractivity contribution in [2.45, 2.75) is 6.92 Å². The predicted octanol–water partition coefficient (Wildman–Crippen LogP) is 2.76. The number of aromatic nitrogens is 2. The summed E-state index contributed by atoms with van der Waals surface area (Å²) >= 11 is 0. The zero-order chi connectivity index (χ0) is 14.7. The Kier molecular flexibility index (Phi) is 3.47. The average molecular weight is 278 g/mol. The van der Waals surface area contributed by atoms with Gasteiger partial charge in [-0.2, -0.15) is 5.10 Å². The summed E-state index contributed by atoms with van der Waals surface area (Å²) < 4.78 is 0. The van der Waals surface area contributed by atoms with Gasteiger partial charge in [-0.1, -0.05) is 42.5 Å². The maximum atomic E-state index is 11.9. The zero-order valence-corrected chi connectivity index (χ0v) is 11.5. The number of rotatable bonds is 3. The second kappa shape index (κ2) is 5.58. The Morgan fingerprint density at radius 2 is 1.81 bits per heavy atom. The smallest absolute Gasteiger partial charge is 0.293 e. The molecule has 2 N–H and O–H groups in total. The minimum atomic E-state index is -0.293. The molecule has 104 valence electrons. The lowest BCUT2D eigenvalue weighted by molar-refractivity contribution is 1.16. The molecule has 0 atom stereocenters. The number of para-hydroxylation sites is 2. The number of aromatic amines is 1. The van der Waals surface area contributed by atoms with Gasteiger partial charge in [0, 0.05) is 0 Å². The second-order valence-corrected chi connectivity index (χ2v) is 4.61. The number of hydrogen-bond acceptors (Lipinski definition) is 4. The monoisotopic (exact) mass is 278 g/mol. The Hall–Kier alpha value is -2.95. The van der Waals surface area contributed by atoms with Gasteiger partial charge in [0.25, 0.3) is 5.56 Å². The zero-order valence-electron chi connectivity index (χ0n) is 11.5. The highest BCUT2D eigenvalue weighted by Gasteiger charge is 2.03. The summed E-state index contributed by atoms with van der Waals surface area (Å²) in [6.45, 7) is 1.87. The van der Waals surface area contributed by atoms with Crippen molar-refractivity contribution in [2.75, 3.05) is 5.43 Å². The topological polar surface area (TPSA) is 70.1 Å². The van der Waals surface area contributed by atoms with Crippen LogP contribution in [0.4, 0.5) is 5.82 Å². The van der Waals surface area contributed by atoms with Gasteiger partial charge in [-0.25, -0.2) is 4.98 Å². The molecular weight excluding hydrogens is 264 g/mol. The molecule has 3 aromatic rings. The first-order valence-electron chi connectivity index (χ1n) is 6.59. The van der Waals surface area contributed by atoms with E-state index >= 15 is 0 Å². The molecule has 0 aliphatic carbocycles. The molecule has 1 aromatic heterocycles. The van der Waals surface area contributed by atoms with Crippen molar-refractivity contribution >= 4 is 22.6 Å². The number of anilines is 1. The van der Waals surface area contributed by atoms with E-state index in [2.05, 4.69) is 20.5 Å². The second-order valence-electron chi connectivity index (χ2n) is 4.61. The Balaban J connectivity index is 1.92. The molecule has 0 radical (unpaired) electrons. The molecule has 0 aliphatic rings. The number of benzene rings is 2. The van der Waals surface area contributed by atoms with E-state index in [9.17, 15) is 4.79 Å². The fourth-order valence-corrected chi connectivity index (χ4v) is 1.99. The average Bonchev–Trinajstić information content (AvgIpc) is 2.53. The number of nitrogens with zero attached hydrogens (tertiary/aromatic N) is 2. The molecule has 5 heteroatoms. The predicted molar refractivity (Wildman–Crippen MR) is 84.6 cm³/mol. The number of hydrogen-bond donors (Lipinski definition) is 2. The van der Waals surface area contributed by atoms with Gasteiger partial charge in [-0.15, -0.1) is 0 Å². The molecule has 5 nitrogen and oxygen atoms in total. The summed E-state index contributed by atoms with van der Waals surface area (Å²) in [4.78, 5) is 19.0. The van der Waals surface area contributed by atoms with E-state index in [4.69, 9.17) is 0 Å². The van der Waals surface area contributed by atoms with E-state index in [-0.39, 0.29) is 11.4 Å². The lowest BCUT2D eigenvalue weighted by Crippen LogP contribution is -2.14. The molecule has 3 rings (SSSR count). The highest BCUT2D eigenvalue weighted by Crippen LogP contribution is 2.08. The molecule has 0 saturated heterocycles. The molecule has 0 saturated carbocycles. The van der Waals surface area contributed by atoms with Crippen LogP contribution >= 0.6 is 0 Å². The van der Waals surface area contributed by atoms with Crippen molar-refractivity contribution in [1.29, 1.82) is 0 Å². The van der Waals surface area contributed by atoms with Crippen molar-refractivity contribution in [3.05, 3.63) is 70.5 Å². The first kappa shape index (κ1) is 13.1. The number of hydrazone groups is 1. The van der Waals surface area contributed by atoms with Crippen molar-refractivity contribution in [3.8, 4) is 0 Å². The Labute approximate surface area is 121 Å². The normalized spacial score (nSPS) is 11.6. The van der Waals surface area contributed by atoms with Crippen LogP contribution in [-0.2, 0) is 0 Å². The maximum Gasteiger partial charge on any atom is 0.293 e. The fraction of sp³-hybridized carbons (Fsp3) is 0.0625. The maximum absolute atomic E-state index is 11.9. The van der Waals surface area contributed by atoms with Crippen LogP contribution in [0.5, 0.6) is 0 Å². The van der Waals surface area contributed by atoms with Gasteiger partial charge < -0.3 is 4.98 Å². The minimum absolute atomic E-state index is 0.184. The molecule has 21 heavy (non-hydrogen) atoms. The van der Waals surface area contributed by atoms with Crippen LogP contribution in [0.15, 0.2) is 64.5 Å². The van der Waals surface area contributed by atoms with Crippen LogP contribution in [0.25, 0.3) is 11.0 Å². The van der Waals surface area contributed by atoms with E-state index in [1.54, 1.807) is 0 Å². The SMILES string of the molecule is CC(=NNc1nc2ccccc2[nH]c1=O)c1ccccc1. The number of H-pyrrole nitrogens is 1. The van der Waals surface area contributed by atoms with Crippen molar-refractivity contribution < 1.29 is 0 Å². The van der Waals surface area contributed by atoms with Crippen LogP contribution in [0.3, 0.4) is 0 Å². The number of nitrogens with one attached hydrogen (secondary N) is 2. The summed E-state index contributed by atoms with van der Waals surface area (Å²) in [6, 6.07) is 17.1. The summed E-state index contributed by atoms with van der Waals surface area (Å²) in [5.41, 5.74) is 5.63. The van der Waals surface area contributed by atoms with Gasteiger partial charge in [0.15, 0.2) is 0 Å². The number of fused-ring (bicyclic) bond motifs is 1. The third-order valence-electron chi connectivity index (χ3n) is 3.12. The molecule has 0 fully saturated rings. The van der Waals surface area contributed by atoms with E-state index in [1.807, 2.05) is 61.5 Å². The van der Waals surface area contributed by atoms with Crippen molar-refractivity contribution in [1.82, 2.24) is 9.97 Å². The van der Waals surface area contributed by atoms with E-state index in [0.717, 1.165) is 11.3 Å². The van der Waals surface area contributed by atoms with Gasteiger partial charge in [-0.05, 0) is 24.6 Å². The third kappa shape index (κ3) is 2.81. The quantitative estimate of drug-likeness (QED) is 0.571. The molecule has 0 unspecified atom stereocenters. The van der Waals surface area contributed by atoms with Crippen molar-refractivity contribution in [2.24, 2.45) is 5.10 Å². The van der Waals surface area contributed by atoms with Crippen LogP contribution in [0, 0.1) is 0 Å². The highest BCUT2D eigenvalue weighted by atomic mass is 16.1. The molecule has 0 aliphatic heterocycles. The third-order valence-corrected chi connectivity index (χ3v) is 3.12. The standard InChI is InChI=1S/C16H14N4O/c1-11(12-7-3-2-4-8-12)19-20-15-16(21)18-14-10-6-5-9-13(14)17-15/h2-10H,1H3,(H,17,20)(H,18,21). The largest absolute Gasteiger partial charge is 0.317 e. The molecule has 0 amide bonds. The van der Waals surface area contributed by atoms with Gasteiger partial charge in [0.2, 0.25) is 5.82 Å². The van der Waals surface area contributed by atoms with Crippen LogP contribution < -0.4 is 11.0 Å². The van der Waals surface area contributed by atoms with Gasteiger partial charge >= 0.3 is 0 Å². The first-order valence-corrected chi connectivity index (χ1v) is 6.59. The minimum Gasteiger partial charge on any atom is -0.317 e. The van der Waals surface area contributed by atoms with Gasteiger partial charge in [-0.3, -0.25) is 10.2 Å².